The van der Waals surface area contributed by atoms with Crippen LogP contribution in [0.1, 0.15) is 11.7 Å². The highest BCUT2D eigenvalue weighted by Gasteiger charge is 2.15. The van der Waals surface area contributed by atoms with Crippen LogP contribution < -0.4 is 9.47 Å². The number of carbonyl (C=O) groups is 2. The fraction of sp³-hybridized carbons (Fsp3) is 0.333. The van der Waals surface area contributed by atoms with Gasteiger partial charge in [0.2, 0.25) is 0 Å². The maximum atomic E-state index is 11.0. The predicted octanol–water partition coefficient (Wildman–Crippen LogP) is 6.55. The molecule has 0 spiro atoms. The fourth-order valence-electron chi connectivity index (χ4n) is 4.94. The maximum Gasteiger partial charge on any atom is 0.330 e. The Labute approximate surface area is 310 Å². The zero-order chi connectivity index (χ0) is 37.4. The van der Waals surface area contributed by atoms with Gasteiger partial charge in [-0.05, 0) is 51.7 Å². The zero-order valence-electron chi connectivity index (χ0n) is 30.0. The van der Waals surface area contributed by atoms with Crippen molar-refractivity contribution in [1.82, 2.24) is 0 Å². The summed E-state index contributed by atoms with van der Waals surface area (Å²) in [6, 6.07) is 30.3. The van der Waals surface area contributed by atoms with E-state index in [1.807, 2.05) is 48.5 Å². The van der Waals surface area contributed by atoms with E-state index >= 15 is 0 Å². The second-order valence-corrected chi connectivity index (χ2v) is 11.4. The number of carbonyl (C=O) groups excluding carboxylic acids is 2. The lowest BCUT2D eigenvalue weighted by Gasteiger charge is -2.20. The summed E-state index contributed by atoms with van der Waals surface area (Å²) >= 11 is 0. The summed E-state index contributed by atoms with van der Waals surface area (Å²) in [4.78, 5) is 22.1. The molecule has 0 N–H and O–H groups in total. The molecule has 11 nitrogen and oxygen atoms in total. The minimum Gasteiger partial charge on any atom is -0.491 e. The molecule has 0 aliphatic rings. The van der Waals surface area contributed by atoms with Gasteiger partial charge in [-0.25, -0.2) is 9.59 Å². The van der Waals surface area contributed by atoms with E-state index in [-0.39, 0.29) is 19.3 Å². The lowest BCUT2D eigenvalue weighted by atomic mass is 10.0. The number of fused-ring (bicyclic) bond motifs is 1. The van der Waals surface area contributed by atoms with E-state index in [9.17, 15) is 9.59 Å². The first kappa shape index (κ1) is 40.7. The van der Waals surface area contributed by atoms with Crippen LogP contribution in [-0.2, 0) is 42.7 Å². The van der Waals surface area contributed by atoms with E-state index in [1.54, 1.807) is 0 Å². The van der Waals surface area contributed by atoms with Crippen LogP contribution in [0.25, 0.3) is 21.9 Å². The van der Waals surface area contributed by atoms with Crippen LogP contribution in [0.5, 0.6) is 11.5 Å². The second kappa shape index (κ2) is 24.2. The Morgan fingerprint density at radius 2 is 1.00 bits per heavy atom. The molecular formula is C42H48O11. The normalized spacial score (nSPS) is 11.5. The molecule has 282 valence electrons. The molecule has 1 atom stereocenters. The molecule has 0 saturated heterocycles. The van der Waals surface area contributed by atoms with Gasteiger partial charge in [0, 0.05) is 12.2 Å². The highest BCUT2D eigenvalue weighted by Crippen LogP contribution is 2.27. The molecule has 11 heteroatoms. The highest BCUT2D eigenvalue weighted by molar-refractivity contribution is 5.83. The van der Waals surface area contributed by atoms with E-state index in [0.29, 0.717) is 72.7 Å². The monoisotopic (exact) mass is 728 g/mol. The van der Waals surface area contributed by atoms with Crippen LogP contribution in [0.2, 0.25) is 0 Å². The summed E-state index contributed by atoms with van der Waals surface area (Å²) in [6.07, 6.45) is 1.90. The van der Waals surface area contributed by atoms with E-state index in [2.05, 4.69) is 55.6 Å². The van der Waals surface area contributed by atoms with Gasteiger partial charge in [0.1, 0.15) is 44.0 Å². The lowest BCUT2D eigenvalue weighted by Crippen LogP contribution is -2.18. The summed E-state index contributed by atoms with van der Waals surface area (Å²) in [7, 11) is 0. The van der Waals surface area contributed by atoms with Gasteiger partial charge in [0.25, 0.3) is 0 Å². The minimum atomic E-state index is -0.471. The predicted molar refractivity (Wildman–Crippen MR) is 201 cm³/mol. The Kier molecular flexibility index (Phi) is 18.6. The van der Waals surface area contributed by atoms with E-state index in [4.69, 9.17) is 42.6 Å². The van der Waals surface area contributed by atoms with Crippen LogP contribution in [0.3, 0.4) is 0 Å². The second-order valence-electron chi connectivity index (χ2n) is 11.4. The molecule has 53 heavy (non-hydrogen) atoms. The summed E-state index contributed by atoms with van der Waals surface area (Å²) in [5.41, 5.74) is 3.08. The van der Waals surface area contributed by atoms with Gasteiger partial charge in [0.05, 0.1) is 59.5 Å². The Balaban J connectivity index is 1.22. The Morgan fingerprint density at radius 1 is 0.509 bits per heavy atom. The quantitative estimate of drug-likeness (QED) is 0.0378. The van der Waals surface area contributed by atoms with Crippen molar-refractivity contribution in [3.63, 3.8) is 0 Å². The molecule has 0 aliphatic carbocycles. The number of hydrogen-bond donors (Lipinski definition) is 0. The number of hydrogen-bond acceptors (Lipinski definition) is 11. The first-order valence-electron chi connectivity index (χ1n) is 17.5. The third-order valence-electron chi connectivity index (χ3n) is 7.66. The average Bonchev–Trinajstić information content (AvgIpc) is 3.20. The largest absolute Gasteiger partial charge is 0.491 e. The SMILES string of the molecule is C=CC(=O)OCCOCCOCCOCCOC(COc1ccc2ccccc2c1)c1ccc(-c2ccc(OCCOCCOC(=O)C=C)cc2)cc1. The lowest BCUT2D eigenvalue weighted by molar-refractivity contribution is -0.140. The minimum absolute atomic E-state index is 0.173. The molecule has 0 heterocycles. The first-order chi connectivity index (χ1) is 26.1. The molecule has 0 aromatic heterocycles. The highest BCUT2D eigenvalue weighted by atomic mass is 16.6. The van der Waals surface area contributed by atoms with Crippen molar-refractivity contribution in [3.05, 3.63) is 122 Å². The fourth-order valence-corrected chi connectivity index (χ4v) is 4.94. The van der Waals surface area contributed by atoms with Crippen LogP contribution in [0.4, 0.5) is 0 Å². The van der Waals surface area contributed by atoms with Gasteiger partial charge >= 0.3 is 11.9 Å². The van der Waals surface area contributed by atoms with E-state index in [1.165, 1.54) is 0 Å². The van der Waals surface area contributed by atoms with E-state index < -0.39 is 11.9 Å². The Morgan fingerprint density at radius 3 is 1.58 bits per heavy atom. The average molecular weight is 729 g/mol. The van der Waals surface area contributed by atoms with Crippen molar-refractivity contribution in [2.45, 2.75) is 6.10 Å². The Hall–Kier alpha value is -5.04. The molecule has 0 saturated carbocycles. The van der Waals surface area contributed by atoms with Crippen molar-refractivity contribution < 1.29 is 52.2 Å². The molecular weight excluding hydrogens is 680 g/mol. The van der Waals surface area contributed by atoms with Crippen LogP contribution >= 0.6 is 0 Å². The standard InChI is InChI=1S/C42H48O11/c1-3-41(43)51-29-25-47-22-20-45-19-21-46-24-28-50-40(32-53-39-18-15-33-7-5-6-8-37(33)31-39)36-11-9-34(10-12-36)35-13-16-38(17-14-35)49-27-23-48-26-30-52-42(44)4-2/h3-18,31,40H,1-2,19-30,32H2. The molecule has 0 bridgehead atoms. The third kappa shape index (κ3) is 15.6. The summed E-state index contributed by atoms with van der Waals surface area (Å²) < 4.78 is 50.1. The molecule has 4 aromatic rings. The van der Waals surface area contributed by atoms with Gasteiger partial charge in [0.15, 0.2) is 0 Å². The van der Waals surface area contributed by atoms with Gasteiger partial charge in [-0.2, -0.15) is 0 Å². The maximum absolute atomic E-state index is 11.0. The van der Waals surface area contributed by atoms with Crippen molar-refractivity contribution in [2.75, 3.05) is 85.9 Å². The van der Waals surface area contributed by atoms with Gasteiger partial charge < -0.3 is 42.6 Å². The number of benzene rings is 4. The van der Waals surface area contributed by atoms with Gasteiger partial charge in [-0.1, -0.05) is 79.9 Å². The molecule has 0 fully saturated rings. The molecule has 4 rings (SSSR count). The smallest absolute Gasteiger partial charge is 0.330 e. The first-order valence-corrected chi connectivity index (χ1v) is 17.5. The van der Waals surface area contributed by atoms with Gasteiger partial charge in [-0.15, -0.1) is 0 Å². The van der Waals surface area contributed by atoms with Crippen molar-refractivity contribution in [1.29, 1.82) is 0 Å². The number of ether oxygens (including phenoxy) is 9. The summed E-state index contributed by atoms with van der Waals surface area (Å²) in [5, 5.41) is 2.26. The molecule has 0 aliphatic heterocycles. The number of rotatable bonds is 27. The zero-order valence-corrected chi connectivity index (χ0v) is 30.0. The van der Waals surface area contributed by atoms with Crippen LogP contribution in [0, 0.1) is 0 Å². The van der Waals surface area contributed by atoms with Crippen molar-refractivity contribution >= 4 is 22.7 Å². The number of esters is 2. The molecule has 0 amide bonds. The molecule has 0 radical (unpaired) electrons. The topological polar surface area (TPSA) is 117 Å². The Bertz CT molecular complexity index is 1670. The van der Waals surface area contributed by atoms with E-state index in [0.717, 1.165) is 51.1 Å². The molecule has 4 aromatic carbocycles. The van der Waals surface area contributed by atoms with Crippen LogP contribution in [-0.4, -0.2) is 97.8 Å². The third-order valence-corrected chi connectivity index (χ3v) is 7.66. The summed E-state index contributed by atoms with van der Waals surface area (Å²) in [6.45, 7) is 11.1. The van der Waals surface area contributed by atoms with Gasteiger partial charge in [-0.3, -0.25) is 0 Å². The summed E-state index contributed by atoms with van der Waals surface area (Å²) in [5.74, 6) is 0.561. The van der Waals surface area contributed by atoms with Crippen molar-refractivity contribution in [3.8, 4) is 22.6 Å². The molecule has 1 unspecified atom stereocenters. The van der Waals surface area contributed by atoms with Crippen LogP contribution in [0.15, 0.2) is 116 Å². The van der Waals surface area contributed by atoms with Crippen molar-refractivity contribution in [2.24, 2.45) is 0 Å².